The fraction of sp³-hybridized carbons (Fsp3) is 0. The van der Waals surface area contributed by atoms with Crippen LogP contribution >= 0.6 is 6.72 Å². The van der Waals surface area contributed by atoms with Gasteiger partial charge in [-0.2, -0.15) is 11.8 Å². The predicted octanol–water partition coefficient (Wildman–Crippen LogP) is -5.70. The van der Waals surface area contributed by atoms with Gasteiger partial charge >= 0.3 is 51.4 Å². The van der Waals surface area contributed by atoms with Crippen molar-refractivity contribution in [2.24, 2.45) is 0 Å². The summed E-state index contributed by atoms with van der Waals surface area (Å²) in [5, 5.41) is 0. The Labute approximate surface area is 83.1 Å². The molecule has 32 valence electrons. The van der Waals surface area contributed by atoms with E-state index in [1.165, 1.54) is 0 Å². The second-order valence-electron chi connectivity index (χ2n) is 0.447. The molecule has 0 aliphatic rings. The maximum Gasteiger partial charge on any atom is 1.00 e. The van der Waals surface area contributed by atoms with Crippen LogP contribution in [0.3, 0.4) is 0 Å². The van der Waals surface area contributed by atoms with Crippen LogP contribution in [0, 0.1) is 0 Å². The molecule has 0 atom stereocenters. The molecule has 0 rings (SSSR count). The molecule has 0 aliphatic carbocycles. The normalized spacial score (nSPS) is 9.83. The van der Waals surface area contributed by atoms with Crippen molar-refractivity contribution in [2.75, 3.05) is 0 Å². The van der Waals surface area contributed by atoms with Gasteiger partial charge in [-0.1, -0.05) is 0 Å². The largest absolute Gasteiger partial charge is 1.00 e. The van der Waals surface area contributed by atoms with E-state index in [0.29, 0.717) is 0 Å². The minimum Gasteiger partial charge on any atom is -0.844 e. The van der Waals surface area contributed by atoms with Crippen molar-refractivity contribution in [1.82, 2.24) is 0 Å². The fourth-order valence-electron chi connectivity index (χ4n) is 0. The van der Waals surface area contributed by atoms with Crippen molar-refractivity contribution < 1.29 is 66.1 Å². The van der Waals surface area contributed by atoms with E-state index in [4.69, 9.17) is 14.7 Å². The van der Waals surface area contributed by atoms with E-state index in [2.05, 4.69) is 11.8 Å². The van der Waals surface area contributed by atoms with Crippen molar-refractivity contribution in [3.8, 4) is 0 Å². The smallest absolute Gasteiger partial charge is 0.844 e. The molecule has 0 aliphatic heterocycles. The van der Waals surface area contributed by atoms with E-state index in [9.17, 15) is 0 Å². The van der Waals surface area contributed by atoms with Gasteiger partial charge in [-0.05, 0) is 0 Å². The van der Waals surface area contributed by atoms with Crippen LogP contribution in [-0.2, 0) is 11.8 Å². The van der Waals surface area contributed by atoms with Gasteiger partial charge in [0, 0.05) is 0 Å². The first kappa shape index (κ1) is 11.0. The summed E-state index contributed by atoms with van der Waals surface area (Å²) in [4.78, 5) is 26.8. The van der Waals surface area contributed by atoms with Crippen molar-refractivity contribution in [3.63, 3.8) is 0 Å². The van der Waals surface area contributed by atoms with Gasteiger partial charge in [0.25, 0.3) is 0 Å². The van der Waals surface area contributed by atoms with E-state index in [-0.39, 0.29) is 51.4 Å². The van der Waals surface area contributed by atoms with Crippen LogP contribution in [0.1, 0.15) is 0 Å². The van der Waals surface area contributed by atoms with E-state index < -0.39 is 6.72 Å². The van der Waals surface area contributed by atoms with Crippen LogP contribution in [0.25, 0.3) is 0 Å². The molecule has 0 aromatic heterocycles. The van der Waals surface area contributed by atoms with E-state index in [1.807, 2.05) is 0 Å². The molecule has 0 radical (unpaired) electrons. The van der Waals surface area contributed by atoms with Crippen LogP contribution < -0.4 is 66.1 Å². The minimum absolute atomic E-state index is 0. The van der Waals surface area contributed by atoms with Gasteiger partial charge in [0.15, 0.2) is 0 Å². The van der Waals surface area contributed by atoms with Crippen LogP contribution in [0.2, 0.25) is 0 Å². The molecule has 3 nitrogen and oxygen atoms in total. The van der Waals surface area contributed by atoms with Gasteiger partial charge in [0.05, 0.1) is 0 Å². The molecule has 0 amide bonds. The van der Waals surface area contributed by atoms with Crippen LogP contribution in [0.5, 0.6) is 0 Å². The molecule has 0 saturated carbocycles. The van der Waals surface area contributed by atoms with Gasteiger partial charge in [-0.3, -0.25) is 0 Å². The second kappa shape index (κ2) is 4.09. The molecule has 0 saturated heterocycles. The number of hydrogen-bond donors (Lipinski definition) is 0. The Morgan fingerprint density at radius 3 is 1.17 bits per heavy atom. The molecule has 0 aromatic carbocycles. The SMILES string of the molecule is [K+].[O-]P([O-])([O-])=S. The van der Waals surface area contributed by atoms with E-state index in [0.717, 1.165) is 0 Å². The van der Waals surface area contributed by atoms with Crippen molar-refractivity contribution in [3.05, 3.63) is 0 Å². The third kappa shape index (κ3) is 35.1. The molecule has 0 bridgehead atoms. The molecule has 0 unspecified atom stereocenters. The summed E-state index contributed by atoms with van der Waals surface area (Å²) < 4.78 is 0. The topological polar surface area (TPSA) is 69.2 Å². The summed E-state index contributed by atoms with van der Waals surface area (Å²) in [5.74, 6) is 0. The molecular weight excluding hydrogens is 150 g/mol. The first-order valence-corrected chi connectivity index (χ1v) is 3.29. The predicted molar refractivity (Wildman–Crippen MR) is 14.3 cm³/mol. The zero-order valence-electron chi connectivity index (χ0n) is 3.08. The quantitative estimate of drug-likeness (QED) is 0.255. The molecule has 0 aromatic rings. The summed E-state index contributed by atoms with van der Waals surface area (Å²) in [6, 6.07) is 0. The van der Waals surface area contributed by atoms with Gasteiger partial charge in [-0.15, -0.1) is 0 Å². The second-order valence-corrected chi connectivity index (χ2v) is 2.68. The molecule has 0 spiro atoms. The standard InChI is InChI=1S/K.H3O3PS/c;1-4(2,3)5/h;(H3,1,2,3,5)/q+1;/p-3. The third-order valence-electron chi connectivity index (χ3n) is 0. The van der Waals surface area contributed by atoms with E-state index in [1.54, 1.807) is 0 Å². The maximum absolute atomic E-state index is 8.92. The van der Waals surface area contributed by atoms with Crippen LogP contribution in [-0.4, -0.2) is 0 Å². The zero-order valence-corrected chi connectivity index (χ0v) is 7.91. The van der Waals surface area contributed by atoms with Crippen LogP contribution in [0.4, 0.5) is 0 Å². The number of rotatable bonds is 0. The average molecular weight is 150 g/mol. The van der Waals surface area contributed by atoms with Crippen LogP contribution in [0.15, 0.2) is 0 Å². The minimum atomic E-state index is -4.56. The Kier molecular flexibility index (Phi) is 7.51. The Balaban J connectivity index is 0. The first-order chi connectivity index (χ1) is 2.00. The first-order valence-electron chi connectivity index (χ1n) is 0.730. The molecular formula is KO3PS-2. The Hall–Kier alpha value is 2.17. The molecule has 0 N–H and O–H groups in total. The van der Waals surface area contributed by atoms with Gasteiger partial charge < -0.3 is 21.4 Å². The fourth-order valence-corrected chi connectivity index (χ4v) is 0. The molecule has 0 fully saturated rings. The van der Waals surface area contributed by atoms with Crippen molar-refractivity contribution >= 4 is 18.5 Å². The monoisotopic (exact) mass is 150 g/mol. The van der Waals surface area contributed by atoms with Gasteiger partial charge in [0.1, 0.15) is 0 Å². The van der Waals surface area contributed by atoms with Gasteiger partial charge in [-0.25, -0.2) is 0 Å². The Morgan fingerprint density at radius 2 is 1.17 bits per heavy atom. The molecule has 0 heterocycles. The summed E-state index contributed by atoms with van der Waals surface area (Å²) in [6.07, 6.45) is 0. The van der Waals surface area contributed by atoms with Gasteiger partial charge in [0.2, 0.25) is 0 Å². The summed E-state index contributed by atoms with van der Waals surface area (Å²) in [7, 11) is 0. The Morgan fingerprint density at radius 1 is 1.17 bits per heavy atom. The maximum atomic E-state index is 8.92. The molecule has 6 heteroatoms. The van der Waals surface area contributed by atoms with E-state index >= 15 is 0 Å². The average Bonchev–Trinajstić information content (AvgIpc) is 0.722. The molecule has 6 heavy (non-hydrogen) atoms. The Bertz CT molecular complexity index is 56.9. The summed E-state index contributed by atoms with van der Waals surface area (Å²) in [6.45, 7) is -4.56. The third-order valence-corrected chi connectivity index (χ3v) is 0. The van der Waals surface area contributed by atoms with Crippen molar-refractivity contribution in [2.45, 2.75) is 0 Å². The summed E-state index contributed by atoms with van der Waals surface area (Å²) >= 11 is 3.27. The summed E-state index contributed by atoms with van der Waals surface area (Å²) in [5.41, 5.74) is 0. The zero-order chi connectivity index (χ0) is 4.50. The number of hydrogen-bond acceptors (Lipinski definition) is 4. The van der Waals surface area contributed by atoms with Crippen molar-refractivity contribution in [1.29, 1.82) is 0 Å².